The molecule has 3 aromatic heterocycles. The number of hydrogen-bond donors (Lipinski definition) is 0. The molecule has 0 aromatic carbocycles. The second kappa shape index (κ2) is 8.53. The van der Waals surface area contributed by atoms with E-state index in [9.17, 15) is 4.79 Å². The summed E-state index contributed by atoms with van der Waals surface area (Å²) in [6, 6.07) is 13.8. The van der Waals surface area contributed by atoms with Gasteiger partial charge in [0.25, 0.3) is 5.91 Å². The van der Waals surface area contributed by atoms with Gasteiger partial charge in [-0.3, -0.25) is 24.6 Å². The van der Waals surface area contributed by atoms with E-state index in [0.717, 1.165) is 23.4 Å². The van der Waals surface area contributed by atoms with Crippen molar-refractivity contribution in [2.45, 2.75) is 24.6 Å². The normalized spacial score (nSPS) is 24.1. The lowest BCUT2D eigenvalue weighted by molar-refractivity contribution is -0.173. The van der Waals surface area contributed by atoms with Crippen LogP contribution in [0.2, 0.25) is 0 Å². The Hall–Kier alpha value is -3.16. The standard InChI is InChI=1S/C24H25N5O2/c30-23-24(31-12-11-29(23)15-19-5-3-8-25-13-19)18-28(16-21-7-1-2-10-27-21)17-22(24)20-6-4-9-26-14-20/h1-10,13-14,22H,11-12,15-18H2. The molecule has 2 aliphatic heterocycles. The van der Waals surface area contributed by atoms with E-state index >= 15 is 0 Å². The van der Waals surface area contributed by atoms with E-state index < -0.39 is 5.60 Å². The van der Waals surface area contributed by atoms with Crippen molar-refractivity contribution in [1.29, 1.82) is 0 Å². The first-order valence-corrected chi connectivity index (χ1v) is 10.6. The molecule has 2 aliphatic rings. The van der Waals surface area contributed by atoms with Crippen molar-refractivity contribution in [3.05, 3.63) is 90.3 Å². The Morgan fingerprint density at radius 3 is 2.61 bits per heavy atom. The first-order chi connectivity index (χ1) is 15.2. The Morgan fingerprint density at radius 1 is 1.00 bits per heavy atom. The zero-order valence-corrected chi connectivity index (χ0v) is 17.3. The summed E-state index contributed by atoms with van der Waals surface area (Å²) in [5.74, 6) is -0.0471. The van der Waals surface area contributed by atoms with Crippen LogP contribution in [-0.4, -0.2) is 62.5 Å². The summed E-state index contributed by atoms with van der Waals surface area (Å²) in [7, 11) is 0. The highest BCUT2D eigenvalue weighted by molar-refractivity contribution is 5.88. The second-order valence-electron chi connectivity index (χ2n) is 8.16. The summed E-state index contributed by atoms with van der Waals surface area (Å²) in [6.07, 6.45) is 8.98. The fourth-order valence-electron chi connectivity index (χ4n) is 4.71. The molecule has 7 nitrogen and oxygen atoms in total. The first-order valence-electron chi connectivity index (χ1n) is 10.6. The van der Waals surface area contributed by atoms with Gasteiger partial charge in [-0.15, -0.1) is 0 Å². The SMILES string of the molecule is O=C1N(Cc2cccnc2)CCOC12CN(Cc1ccccn1)CC2c1cccnc1. The van der Waals surface area contributed by atoms with Crippen LogP contribution in [0.3, 0.4) is 0 Å². The lowest BCUT2D eigenvalue weighted by Crippen LogP contribution is -2.59. The highest BCUT2D eigenvalue weighted by atomic mass is 16.5. The number of hydrogen-bond acceptors (Lipinski definition) is 6. The van der Waals surface area contributed by atoms with Crippen molar-refractivity contribution >= 4 is 5.91 Å². The summed E-state index contributed by atoms with van der Waals surface area (Å²) in [6.45, 7) is 3.56. The molecule has 0 aliphatic carbocycles. The minimum atomic E-state index is -0.918. The van der Waals surface area contributed by atoms with Gasteiger partial charge in [0.05, 0.1) is 12.3 Å². The predicted octanol–water partition coefficient (Wildman–Crippen LogP) is 2.27. The minimum absolute atomic E-state index is 0.0416. The van der Waals surface area contributed by atoms with E-state index in [4.69, 9.17) is 4.74 Å². The predicted molar refractivity (Wildman–Crippen MR) is 115 cm³/mol. The van der Waals surface area contributed by atoms with E-state index in [1.165, 1.54) is 0 Å². The first kappa shape index (κ1) is 19.8. The number of nitrogens with zero attached hydrogens (tertiary/aromatic N) is 5. The second-order valence-corrected chi connectivity index (χ2v) is 8.16. The van der Waals surface area contributed by atoms with Crippen molar-refractivity contribution in [2.24, 2.45) is 0 Å². The molecule has 0 N–H and O–H groups in total. The van der Waals surface area contributed by atoms with Gasteiger partial charge in [0.1, 0.15) is 0 Å². The molecule has 7 heteroatoms. The Balaban J connectivity index is 1.45. The van der Waals surface area contributed by atoms with Crippen LogP contribution in [0.1, 0.15) is 22.7 Å². The average Bonchev–Trinajstić information content (AvgIpc) is 3.17. The van der Waals surface area contributed by atoms with Crippen molar-refractivity contribution < 1.29 is 9.53 Å². The topological polar surface area (TPSA) is 71.5 Å². The molecule has 1 spiro atoms. The molecule has 2 unspecified atom stereocenters. The van der Waals surface area contributed by atoms with Gasteiger partial charge in [-0.2, -0.15) is 0 Å². The van der Waals surface area contributed by atoms with Crippen molar-refractivity contribution in [3.63, 3.8) is 0 Å². The molecule has 3 aromatic rings. The summed E-state index contributed by atoms with van der Waals surface area (Å²) in [5, 5.41) is 0. The number of morpholine rings is 1. The third kappa shape index (κ3) is 3.94. The monoisotopic (exact) mass is 415 g/mol. The summed E-state index contributed by atoms with van der Waals surface area (Å²) in [5.41, 5.74) is 2.12. The number of carbonyl (C=O) groups excluding carboxylic acids is 1. The average molecular weight is 415 g/mol. The van der Waals surface area contributed by atoms with Crippen LogP contribution in [-0.2, 0) is 22.6 Å². The third-order valence-corrected chi connectivity index (χ3v) is 6.13. The molecule has 5 heterocycles. The van der Waals surface area contributed by atoms with Crippen LogP contribution in [0.4, 0.5) is 0 Å². The van der Waals surface area contributed by atoms with Gasteiger partial charge in [0.2, 0.25) is 0 Å². The molecule has 31 heavy (non-hydrogen) atoms. The molecule has 0 saturated carbocycles. The minimum Gasteiger partial charge on any atom is -0.361 e. The number of amides is 1. The smallest absolute Gasteiger partial charge is 0.257 e. The van der Waals surface area contributed by atoms with E-state index in [1.54, 1.807) is 18.6 Å². The van der Waals surface area contributed by atoms with Gasteiger partial charge in [0, 0.05) is 69.6 Å². The highest BCUT2D eigenvalue weighted by Crippen LogP contribution is 2.42. The molecule has 158 valence electrons. The van der Waals surface area contributed by atoms with Gasteiger partial charge >= 0.3 is 0 Å². The van der Waals surface area contributed by atoms with Crippen LogP contribution in [0.5, 0.6) is 0 Å². The van der Waals surface area contributed by atoms with Gasteiger partial charge in [-0.1, -0.05) is 18.2 Å². The van der Waals surface area contributed by atoms with Crippen molar-refractivity contribution in [3.8, 4) is 0 Å². The van der Waals surface area contributed by atoms with Crippen LogP contribution in [0.15, 0.2) is 73.4 Å². The van der Waals surface area contributed by atoms with Crippen molar-refractivity contribution in [2.75, 3.05) is 26.2 Å². The number of aromatic nitrogens is 3. The number of likely N-dealkylation sites (tertiary alicyclic amines) is 1. The number of ether oxygens (including phenoxy) is 1. The Bertz CT molecular complexity index is 1020. The molecule has 2 atom stereocenters. The molecule has 5 rings (SSSR count). The van der Waals surface area contributed by atoms with E-state index in [-0.39, 0.29) is 11.8 Å². The van der Waals surface area contributed by atoms with E-state index in [2.05, 4.69) is 19.9 Å². The molecule has 1 amide bonds. The Morgan fingerprint density at radius 2 is 1.87 bits per heavy atom. The van der Waals surface area contributed by atoms with Gasteiger partial charge in [-0.25, -0.2) is 0 Å². The van der Waals surface area contributed by atoms with Crippen LogP contribution >= 0.6 is 0 Å². The fourth-order valence-corrected chi connectivity index (χ4v) is 4.71. The van der Waals surface area contributed by atoms with Crippen molar-refractivity contribution in [1.82, 2.24) is 24.8 Å². The molecule has 0 bridgehead atoms. The maximum Gasteiger partial charge on any atom is 0.257 e. The molecule has 0 radical (unpaired) electrons. The Labute approximate surface area is 181 Å². The quantitative estimate of drug-likeness (QED) is 0.637. The number of pyridine rings is 3. The summed E-state index contributed by atoms with van der Waals surface area (Å²) >= 11 is 0. The summed E-state index contributed by atoms with van der Waals surface area (Å²) < 4.78 is 6.34. The third-order valence-electron chi connectivity index (χ3n) is 6.13. The Kier molecular flexibility index (Phi) is 5.44. The lowest BCUT2D eigenvalue weighted by Gasteiger charge is -2.42. The van der Waals surface area contributed by atoms with E-state index in [0.29, 0.717) is 32.8 Å². The number of rotatable bonds is 5. The summed E-state index contributed by atoms with van der Waals surface area (Å²) in [4.78, 5) is 31.0. The van der Waals surface area contributed by atoms with Crippen LogP contribution in [0, 0.1) is 0 Å². The van der Waals surface area contributed by atoms with E-state index in [1.807, 2.05) is 59.8 Å². The molecule has 2 saturated heterocycles. The van der Waals surface area contributed by atoms with Gasteiger partial charge in [0.15, 0.2) is 5.60 Å². The maximum atomic E-state index is 13.9. The highest BCUT2D eigenvalue weighted by Gasteiger charge is 2.57. The largest absolute Gasteiger partial charge is 0.361 e. The number of carbonyl (C=O) groups is 1. The molecular weight excluding hydrogens is 390 g/mol. The maximum absolute atomic E-state index is 13.9. The van der Waals surface area contributed by atoms with Crippen LogP contribution < -0.4 is 0 Å². The molecule has 2 fully saturated rings. The van der Waals surface area contributed by atoms with Gasteiger partial charge in [-0.05, 0) is 35.4 Å². The molecular formula is C24H25N5O2. The fraction of sp³-hybridized carbons (Fsp3) is 0.333. The zero-order valence-electron chi connectivity index (χ0n) is 17.3. The van der Waals surface area contributed by atoms with Crippen LogP contribution in [0.25, 0.3) is 0 Å². The van der Waals surface area contributed by atoms with Gasteiger partial charge < -0.3 is 9.64 Å². The lowest BCUT2D eigenvalue weighted by atomic mass is 9.83. The zero-order chi connectivity index (χ0) is 21.1.